The summed E-state index contributed by atoms with van der Waals surface area (Å²) in [6.07, 6.45) is 0.312. The zero-order valence-electron chi connectivity index (χ0n) is 24.6. The number of aliphatic hydroxyl groups is 3. The van der Waals surface area contributed by atoms with Gasteiger partial charge < -0.3 is 36.4 Å². The maximum atomic E-state index is 14.1. The van der Waals surface area contributed by atoms with Crippen molar-refractivity contribution in [3.63, 3.8) is 0 Å². The number of ketones is 2. The number of carbonyl (C=O) groups is 3. The minimum atomic E-state index is -2.65. The molecule has 4 rings (SSSR count). The standard InChI is InChI=1S/C30H42N4O7/c1-7-34(8-2)23-16(13-32-12-14(3)4)11-19(35)21-17(23)9-15-10-18-24(33(5)6)26(37)22(29(31)40)28(39)30(18,41)27(38)20(15)25(21)36/h11,14-15,18,24,32,35,37-38,41H,7-10,12-13H2,1-6H3,(H2,31,40)/t15-,18-,24-,30-/m0/s1. The SMILES string of the molecule is CCN(CC)c1c(CNCC(C)C)cc(O)c2c1C[C@H]1C[C@H]3[C@H](N(C)C)C(O)=C(C(N)=O)C(=O)[C@@]3(O)C(O)=C1C2=O. The van der Waals surface area contributed by atoms with Crippen LogP contribution in [0.5, 0.6) is 5.75 Å². The third-order valence-electron chi connectivity index (χ3n) is 8.72. The maximum absolute atomic E-state index is 14.1. The number of aromatic hydroxyl groups is 1. The molecule has 0 spiro atoms. The number of fused-ring (bicyclic) bond motifs is 3. The Balaban J connectivity index is 1.93. The van der Waals surface area contributed by atoms with Crippen LogP contribution in [0.4, 0.5) is 5.69 Å². The van der Waals surface area contributed by atoms with Crippen molar-refractivity contribution in [2.24, 2.45) is 23.5 Å². The average molecular weight is 571 g/mol. The van der Waals surface area contributed by atoms with Gasteiger partial charge in [-0.2, -0.15) is 0 Å². The van der Waals surface area contributed by atoms with Gasteiger partial charge >= 0.3 is 0 Å². The van der Waals surface area contributed by atoms with E-state index in [1.165, 1.54) is 0 Å². The predicted octanol–water partition coefficient (Wildman–Crippen LogP) is 1.71. The van der Waals surface area contributed by atoms with Gasteiger partial charge in [0.25, 0.3) is 5.91 Å². The first-order chi connectivity index (χ1) is 19.2. The van der Waals surface area contributed by atoms with Gasteiger partial charge in [0.05, 0.1) is 11.6 Å². The van der Waals surface area contributed by atoms with Crippen LogP contribution in [0.3, 0.4) is 0 Å². The van der Waals surface area contributed by atoms with Crippen LogP contribution < -0.4 is 16.0 Å². The molecule has 41 heavy (non-hydrogen) atoms. The van der Waals surface area contributed by atoms with Crippen LogP contribution in [0.1, 0.15) is 55.6 Å². The minimum absolute atomic E-state index is 0.0280. The number of likely N-dealkylation sites (N-methyl/N-ethyl adjacent to an activating group) is 1. The second-order valence-electron chi connectivity index (χ2n) is 11.9. The summed E-state index contributed by atoms with van der Waals surface area (Å²) in [5.74, 6) is -6.11. The first-order valence-corrected chi connectivity index (χ1v) is 14.2. The lowest BCUT2D eigenvalue weighted by Gasteiger charge is -2.50. The summed E-state index contributed by atoms with van der Waals surface area (Å²) in [5.41, 5.74) is 4.14. The Labute approximate surface area is 240 Å². The van der Waals surface area contributed by atoms with Crippen molar-refractivity contribution in [3.8, 4) is 5.75 Å². The fourth-order valence-corrected chi connectivity index (χ4v) is 6.94. The van der Waals surface area contributed by atoms with Gasteiger partial charge in [-0.15, -0.1) is 0 Å². The third-order valence-corrected chi connectivity index (χ3v) is 8.72. The van der Waals surface area contributed by atoms with Crippen LogP contribution in [0.15, 0.2) is 28.7 Å². The van der Waals surface area contributed by atoms with Crippen LogP contribution in [0, 0.1) is 17.8 Å². The van der Waals surface area contributed by atoms with Crippen LogP contribution >= 0.6 is 0 Å². The number of Topliss-reactive ketones (excluding diaryl/α,β-unsaturated/α-hetero) is 2. The molecule has 3 aliphatic carbocycles. The summed E-state index contributed by atoms with van der Waals surface area (Å²) in [4.78, 5) is 43.4. The summed E-state index contributed by atoms with van der Waals surface area (Å²) < 4.78 is 0. The first kappa shape index (κ1) is 30.5. The normalized spacial score (nSPS) is 25.9. The van der Waals surface area contributed by atoms with Crippen LogP contribution in [0.2, 0.25) is 0 Å². The number of phenolic OH excluding ortho intramolecular Hbond substituents is 1. The Morgan fingerprint density at radius 3 is 2.34 bits per heavy atom. The molecule has 7 N–H and O–H groups in total. The van der Waals surface area contributed by atoms with Gasteiger partial charge in [-0.05, 0) is 76.4 Å². The van der Waals surface area contributed by atoms with Crippen molar-refractivity contribution in [2.75, 3.05) is 38.6 Å². The van der Waals surface area contributed by atoms with Crippen molar-refractivity contribution in [1.29, 1.82) is 0 Å². The molecule has 11 nitrogen and oxygen atoms in total. The number of phenols is 1. The molecule has 1 aromatic rings. The smallest absolute Gasteiger partial charge is 0.255 e. The molecule has 224 valence electrons. The number of primary amides is 1. The lowest BCUT2D eigenvalue weighted by molar-refractivity contribution is -0.148. The fourth-order valence-electron chi connectivity index (χ4n) is 6.94. The zero-order valence-corrected chi connectivity index (χ0v) is 24.6. The number of benzene rings is 1. The van der Waals surface area contributed by atoms with E-state index < -0.39 is 58.0 Å². The molecule has 0 saturated heterocycles. The van der Waals surface area contributed by atoms with Crippen molar-refractivity contribution in [3.05, 3.63) is 45.4 Å². The Morgan fingerprint density at radius 2 is 1.80 bits per heavy atom. The molecular formula is C30H42N4O7. The number of hydrogen-bond acceptors (Lipinski definition) is 10. The molecule has 0 unspecified atom stereocenters. The van der Waals surface area contributed by atoms with E-state index in [0.29, 0.717) is 31.1 Å². The predicted molar refractivity (Wildman–Crippen MR) is 154 cm³/mol. The molecule has 11 heteroatoms. The van der Waals surface area contributed by atoms with Gasteiger partial charge in [0.15, 0.2) is 11.4 Å². The van der Waals surface area contributed by atoms with Crippen molar-refractivity contribution in [2.45, 2.75) is 58.7 Å². The number of anilines is 1. The van der Waals surface area contributed by atoms with Crippen LogP contribution in [0.25, 0.3) is 0 Å². The second kappa shape index (κ2) is 11.1. The number of hydrogen-bond donors (Lipinski definition) is 6. The highest BCUT2D eigenvalue weighted by Gasteiger charge is 2.63. The van der Waals surface area contributed by atoms with Crippen LogP contribution in [-0.4, -0.2) is 88.2 Å². The molecule has 0 aromatic heterocycles. The Kier molecular flexibility index (Phi) is 8.28. The Morgan fingerprint density at radius 1 is 1.17 bits per heavy atom. The van der Waals surface area contributed by atoms with E-state index in [1.807, 2.05) is 13.8 Å². The van der Waals surface area contributed by atoms with Crippen molar-refractivity contribution in [1.82, 2.24) is 10.2 Å². The Hall–Kier alpha value is -3.41. The molecule has 0 fully saturated rings. The van der Waals surface area contributed by atoms with Gasteiger partial charge in [-0.3, -0.25) is 19.3 Å². The number of nitrogens with zero attached hydrogens (tertiary/aromatic N) is 2. The van der Waals surface area contributed by atoms with Crippen molar-refractivity contribution < 1.29 is 34.8 Å². The summed E-state index contributed by atoms with van der Waals surface area (Å²) in [7, 11) is 3.22. The van der Waals surface area contributed by atoms with Gasteiger partial charge in [0.2, 0.25) is 5.78 Å². The molecule has 1 amide bonds. The van der Waals surface area contributed by atoms with E-state index in [1.54, 1.807) is 25.1 Å². The quantitative estimate of drug-likeness (QED) is 0.240. The van der Waals surface area contributed by atoms with E-state index in [-0.39, 0.29) is 29.7 Å². The molecule has 3 aliphatic rings. The molecule has 4 atom stereocenters. The van der Waals surface area contributed by atoms with Gasteiger partial charge in [-0.25, -0.2) is 0 Å². The molecule has 0 radical (unpaired) electrons. The molecule has 1 aromatic carbocycles. The summed E-state index contributed by atoms with van der Waals surface area (Å²) >= 11 is 0. The monoisotopic (exact) mass is 570 g/mol. The number of allylic oxidation sites excluding steroid dienone is 1. The van der Waals surface area contributed by atoms with E-state index in [9.17, 15) is 34.8 Å². The molecular weight excluding hydrogens is 528 g/mol. The number of aliphatic hydroxyl groups excluding tert-OH is 2. The van der Waals surface area contributed by atoms with E-state index in [2.05, 4.69) is 24.1 Å². The van der Waals surface area contributed by atoms with Gasteiger partial charge in [0, 0.05) is 36.8 Å². The number of nitrogens with one attached hydrogen (secondary N) is 1. The summed E-state index contributed by atoms with van der Waals surface area (Å²) in [5, 5.41) is 48.8. The van der Waals surface area contributed by atoms with E-state index in [4.69, 9.17) is 5.73 Å². The van der Waals surface area contributed by atoms with Gasteiger partial charge in [-0.1, -0.05) is 13.8 Å². The lowest BCUT2D eigenvalue weighted by atomic mass is 9.58. The molecule has 0 bridgehead atoms. The molecule has 0 heterocycles. The number of carbonyl (C=O) groups excluding carboxylic acids is 3. The van der Waals surface area contributed by atoms with Gasteiger partial charge in [0.1, 0.15) is 22.8 Å². The highest BCUT2D eigenvalue weighted by Crippen LogP contribution is 2.53. The van der Waals surface area contributed by atoms with E-state index >= 15 is 0 Å². The number of amides is 1. The molecule has 0 aliphatic heterocycles. The van der Waals surface area contributed by atoms with Crippen LogP contribution in [-0.2, 0) is 22.6 Å². The fraction of sp³-hybridized carbons (Fsp3) is 0.567. The summed E-state index contributed by atoms with van der Waals surface area (Å²) in [6.45, 7) is 10.8. The summed E-state index contributed by atoms with van der Waals surface area (Å²) in [6, 6.07) is 0.540. The zero-order chi connectivity index (χ0) is 30.5. The highest BCUT2D eigenvalue weighted by atomic mass is 16.3. The third kappa shape index (κ3) is 4.69. The maximum Gasteiger partial charge on any atom is 0.255 e. The lowest BCUT2D eigenvalue weighted by Crippen LogP contribution is -2.63. The topological polar surface area (TPSA) is 177 Å². The van der Waals surface area contributed by atoms with E-state index in [0.717, 1.165) is 17.8 Å². The number of rotatable bonds is 9. The van der Waals surface area contributed by atoms with Crippen molar-refractivity contribution >= 4 is 23.2 Å². The largest absolute Gasteiger partial charge is 0.510 e. The average Bonchev–Trinajstić information content (AvgIpc) is 2.87. The number of nitrogens with two attached hydrogens (primary N) is 1. The minimum Gasteiger partial charge on any atom is -0.510 e. The first-order valence-electron chi connectivity index (χ1n) is 14.2. The second-order valence-corrected chi connectivity index (χ2v) is 11.9. The highest BCUT2D eigenvalue weighted by molar-refractivity contribution is 6.24. The Bertz CT molecular complexity index is 1340. The molecule has 0 saturated carbocycles.